The Hall–Kier alpha value is -2.48. The van der Waals surface area contributed by atoms with Crippen LogP contribution in [0.2, 0.25) is 0 Å². The maximum atomic E-state index is 5.11. The Morgan fingerprint density at radius 2 is 2.44 bits per heavy atom. The van der Waals surface area contributed by atoms with Gasteiger partial charge in [-0.05, 0) is 24.4 Å². The van der Waals surface area contributed by atoms with Gasteiger partial charge in [-0.1, -0.05) is 0 Å². The summed E-state index contributed by atoms with van der Waals surface area (Å²) in [5.41, 5.74) is 3.50. The number of aromatic amines is 2. The monoisotopic (exact) mass is 260 g/mol. The van der Waals surface area contributed by atoms with E-state index in [4.69, 9.17) is 16.6 Å². The number of hydrogen-bond donors (Lipinski definition) is 3. The SMILES string of the molecule is S=c1nc(N/N=C/c2ccco2)c2cn[nH]c2[nH]1. The lowest BCUT2D eigenvalue weighted by Gasteiger charge is -1.99. The van der Waals surface area contributed by atoms with Crippen LogP contribution in [0.5, 0.6) is 0 Å². The van der Waals surface area contributed by atoms with E-state index in [2.05, 4.69) is 30.7 Å². The molecule has 3 N–H and O–H groups in total. The molecule has 3 heterocycles. The molecule has 0 radical (unpaired) electrons. The number of aromatic nitrogens is 4. The lowest BCUT2D eigenvalue weighted by atomic mass is 10.4. The minimum atomic E-state index is 0.349. The summed E-state index contributed by atoms with van der Waals surface area (Å²) in [5.74, 6) is 1.18. The first kappa shape index (κ1) is 10.7. The van der Waals surface area contributed by atoms with Crippen LogP contribution in [0.3, 0.4) is 0 Å². The number of fused-ring (bicyclic) bond motifs is 1. The number of nitrogens with zero attached hydrogens (tertiary/aromatic N) is 3. The van der Waals surface area contributed by atoms with Crippen LogP contribution < -0.4 is 5.43 Å². The average Bonchev–Trinajstić information content (AvgIpc) is 2.98. The minimum Gasteiger partial charge on any atom is -0.463 e. The van der Waals surface area contributed by atoms with Crippen molar-refractivity contribution in [2.24, 2.45) is 5.10 Å². The molecule has 18 heavy (non-hydrogen) atoms. The predicted molar refractivity (Wildman–Crippen MR) is 69.0 cm³/mol. The standard InChI is InChI=1S/C10H8N6OS/c18-10-13-8(7-5-12-16-9(7)14-10)15-11-4-6-2-1-3-17-6/h1-5H,(H3,12,13,14,15,16,18)/b11-4+. The van der Waals surface area contributed by atoms with Crippen LogP contribution in [0.1, 0.15) is 5.76 Å². The predicted octanol–water partition coefficient (Wildman–Crippen LogP) is 2.05. The Labute approximate surface area is 106 Å². The van der Waals surface area contributed by atoms with Crippen molar-refractivity contribution < 1.29 is 4.42 Å². The second kappa shape index (κ2) is 4.41. The van der Waals surface area contributed by atoms with Crippen molar-refractivity contribution >= 4 is 35.3 Å². The first-order chi connectivity index (χ1) is 8.83. The molecule has 0 bridgehead atoms. The van der Waals surface area contributed by atoms with Gasteiger partial charge in [0.05, 0.1) is 24.1 Å². The van der Waals surface area contributed by atoms with E-state index in [9.17, 15) is 0 Å². The maximum absolute atomic E-state index is 5.11. The number of H-pyrrole nitrogens is 2. The molecule has 0 saturated heterocycles. The molecule has 0 atom stereocenters. The third-order valence-corrected chi connectivity index (χ3v) is 2.44. The van der Waals surface area contributed by atoms with E-state index in [1.807, 2.05) is 0 Å². The van der Waals surface area contributed by atoms with Gasteiger partial charge >= 0.3 is 0 Å². The van der Waals surface area contributed by atoms with Gasteiger partial charge in [-0.25, -0.2) is 4.98 Å². The molecule has 0 aromatic carbocycles. The van der Waals surface area contributed by atoms with Crippen molar-refractivity contribution in [1.82, 2.24) is 20.2 Å². The second-order valence-corrected chi connectivity index (χ2v) is 3.82. The van der Waals surface area contributed by atoms with Gasteiger partial charge in [0.25, 0.3) is 0 Å². The molecule has 3 aromatic rings. The van der Waals surface area contributed by atoms with Crippen LogP contribution in [-0.2, 0) is 0 Å². The van der Waals surface area contributed by atoms with Crippen LogP contribution in [0, 0.1) is 4.77 Å². The molecule has 0 fully saturated rings. The first-order valence-electron chi connectivity index (χ1n) is 5.09. The Balaban J connectivity index is 1.90. The van der Waals surface area contributed by atoms with E-state index in [0.29, 0.717) is 22.0 Å². The molecule has 8 heteroatoms. The van der Waals surface area contributed by atoms with Gasteiger partial charge in [-0.3, -0.25) is 10.5 Å². The van der Waals surface area contributed by atoms with Crippen molar-refractivity contribution in [3.8, 4) is 0 Å². The quantitative estimate of drug-likeness (QED) is 0.380. The molecule has 0 aliphatic rings. The fourth-order valence-electron chi connectivity index (χ4n) is 1.46. The van der Waals surface area contributed by atoms with E-state index >= 15 is 0 Å². The third-order valence-electron chi connectivity index (χ3n) is 2.25. The number of anilines is 1. The minimum absolute atomic E-state index is 0.349. The van der Waals surface area contributed by atoms with E-state index in [-0.39, 0.29) is 0 Å². The molecule has 7 nitrogen and oxygen atoms in total. The Bertz CT molecular complexity index is 741. The Morgan fingerprint density at radius 1 is 1.50 bits per heavy atom. The Morgan fingerprint density at radius 3 is 3.28 bits per heavy atom. The second-order valence-electron chi connectivity index (χ2n) is 3.43. The summed E-state index contributed by atoms with van der Waals surface area (Å²) in [6.07, 6.45) is 4.76. The molecule has 0 amide bonds. The third kappa shape index (κ3) is 2.00. The molecule has 0 saturated carbocycles. The van der Waals surface area contributed by atoms with E-state index in [1.54, 1.807) is 30.8 Å². The van der Waals surface area contributed by atoms with Crippen molar-refractivity contribution in [2.75, 3.05) is 5.43 Å². The van der Waals surface area contributed by atoms with Crippen LogP contribution >= 0.6 is 12.2 Å². The van der Waals surface area contributed by atoms with Gasteiger partial charge in [0.1, 0.15) is 11.4 Å². The molecule has 0 aliphatic carbocycles. The molecule has 0 spiro atoms. The number of nitrogens with one attached hydrogen (secondary N) is 3. The van der Waals surface area contributed by atoms with Gasteiger partial charge < -0.3 is 9.40 Å². The van der Waals surface area contributed by atoms with E-state index in [0.717, 1.165) is 5.39 Å². The van der Waals surface area contributed by atoms with Crippen molar-refractivity contribution in [1.29, 1.82) is 0 Å². The number of hydrogen-bond acceptors (Lipinski definition) is 6. The smallest absolute Gasteiger partial charge is 0.200 e. The Kier molecular flexibility index (Phi) is 2.61. The van der Waals surface area contributed by atoms with Crippen LogP contribution in [0.4, 0.5) is 5.82 Å². The van der Waals surface area contributed by atoms with Crippen LogP contribution in [-0.4, -0.2) is 26.4 Å². The summed E-state index contributed by atoms with van der Waals surface area (Å²) in [7, 11) is 0. The van der Waals surface area contributed by atoms with Gasteiger partial charge in [0, 0.05) is 0 Å². The highest BCUT2D eigenvalue weighted by Gasteiger charge is 2.04. The molecule has 90 valence electrons. The summed E-state index contributed by atoms with van der Waals surface area (Å²) < 4.78 is 5.46. The molecular weight excluding hydrogens is 252 g/mol. The van der Waals surface area contributed by atoms with Crippen LogP contribution in [0.15, 0.2) is 34.1 Å². The molecular formula is C10H8N6OS. The van der Waals surface area contributed by atoms with Crippen molar-refractivity contribution in [3.63, 3.8) is 0 Å². The van der Waals surface area contributed by atoms with Crippen molar-refractivity contribution in [3.05, 3.63) is 35.1 Å². The summed E-state index contributed by atoms with van der Waals surface area (Å²) in [6, 6.07) is 3.58. The molecule has 0 unspecified atom stereocenters. The first-order valence-corrected chi connectivity index (χ1v) is 5.50. The highest BCUT2D eigenvalue weighted by molar-refractivity contribution is 7.71. The largest absolute Gasteiger partial charge is 0.463 e. The molecule has 3 aromatic heterocycles. The average molecular weight is 260 g/mol. The maximum Gasteiger partial charge on any atom is 0.200 e. The zero-order valence-corrected chi connectivity index (χ0v) is 9.86. The number of furan rings is 1. The van der Waals surface area contributed by atoms with Gasteiger partial charge in [-0.2, -0.15) is 10.2 Å². The summed E-state index contributed by atoms with van der Waals surface area (Å²) >= 11 is 5.00. The topological polar surface area (TPSA) is 94.9 Å². The molecule has 0 aliphatic heterocycles. The fourth-order valence-corrected chi connectivity index (χ4v) is 1.66. The van der Waals surface area contributed by atoms with Gasteiger partial charge in [0.15, 0.2) is 10.6 Å². The zero-order valence-electron chi connectivity index (χ0n) is 9.04. The van der Waals surface area contributed by atoms with Gasteiger partial charge in [-0.15, -0.1) is 0 Å². The lowest BCUT2D eigenvalue weighted by Crippen LogP contribution is -1.95. The fraction of sp³-hybridized carbons (Fsp3) is 0. The van der Waals surface area contributed by atoms with Crippen molar-refractivity contribution in [2.45, 2.75) is 0 Å². The summed E-state index contributed by atoms with van der Waals surface area (Å²) in [6.45, 7) is 0. The highest BCUT2D eigenvalue weighted by atomic mass is 32.1. The lowest BCUT2D eigenvalue weighted by molar-refractivity contribution is 0.560. The highest BCUT2D eigenvalue weighted by Crippen LogP contribution is 2.16. The number of hydrazone groups is 1. The van der Waals surface area contributed by atoms with E-state index in [1.165, 1.54) is 0 Å². The summed E-state index contributed by atoms with van der Waals surface area (Å²) in [5, 5.41) is 11.5. The number of rotatable bonds is 3. The van der Waals surface area contributed by atoms with Crippen LogP contribution in [0.25, 0.3) is 11.0 Å². The zero-order chi connectivity index (χ0) is 12.4. The normalized spacial score (nSPS) is 11.3. The van der Waals surface area contributed by atoms with Gasteiger partial charge in [0.2, 0.25) is 0 Å². The molecule has 3 rings (SSSR count). The summed E-state index contributed by atoms with van der Waals surface area (Å²) in [4.78, 5) is 7.03. The van der Waals surface area contributed by atoms with E-state index < -0.39 is 0 Å².